The van der Waals surface area contributed by atoms with E-state index in [1.54, 1.807) is 0 Å². The van der Waals surface area contributed by atoms with Crippen molar-refractivity contribution in [1.29, 1.82) is 0 Å². The predicted octanol–water partition coefficient (Wildman–Crippen LogP) is 5.26. The summed E-state index contributed by atoms with van der Waals surface area (Å²) in [5.41, 5.74) is 9.97. The molecule has 2 heteroatoms. The maximum atomic E-state index is 3.38. The molecule has 0 unspecified atom stereocenters. The number of H-pyrrole nitrogens is 2. The highest BCUT2D eigenvalue weighted by molar-refractivity contribution is 5.94. The first kappa shape index (κ1) is 12.5. The fraction of sp³-hybridized carbons (Fsp3) is 0. The Bertz CT molecular complexity index is 977. The molecule has 2 nitrogen and oxygen atoms in total. The molecule has 5 rings (SSSR count). The van der Waals surface area contributed by atoms with E-state index in [9.17, 15) is 0 Å². The van der Waals surface area contributed by atoms with Crippen molar-refractivity contribution in [2.45, 2.75) is 0 Å². The highest BCUT2D eigenvalue weighted by Crippen LogP contribution is 2.46. The molecule has 0 bridgehead atoms. The average molecular weight is 295 g/mol. The molecule has 0 aliphatic heterocycles. The number of nitrogens with one attached hydrogen (secondary N) is 2. The van der Waals surface area contributed by atoms with Gasteiger partial charge in [-0.25, -0.2) is 0 Å². The lowest BCUT2D eigenvalue weighted by atomic mass is 9.92. The van der Waals surface area contributed by atoms with E-state index in [4.69, 9.17) is 0 Å². The lowest BCUT2D eigenvalue weighted by Crippen LogP contribution is -1.92. The van der Waals surface area contributed by atoms with Crippen LogP contribution in [0.1, 0.15) is 11.1 Å². The molecule has 109 valence electrons. The van der Waals surface area contributed by atoms with Gasteiger partial charge in [-0.15, -0.1) is 0 Å². The van der Waals surface area contributed by atoms with Crippen molar-refractivity contribution in [3.05, 3.63) is 90.6 Å². The summed E-state index contributed by atoms with van der Waals surface area (Å²) in [6.45, 7) is 0. The zero-order valence-electron chi connectivity index (χ0n) is 12.5. The van der Waals surface area contributed by atoms with Gasteiger partial charge in [0.15, 0.2) is 0 Å². The molecule has 0 amide bonds. The summed E-state index contributed by atoms with van der Waals surface area (Å²) in [5.74, 6) is 0. The largest absolute Gasteiger partial charge is 0.361 e. The monoisotopic (exact) mass is 295 g/mol. The minimum Gasteiger partial charge on any atom is -0.361 e. The number of benzene rings is 2. The Morgan fingerprint density at radius 3 is 2.09 bits per heavy atom. The van der Waals surface area contributed by atoms with Gasteiger partial charge in [-0.05, 0) is 46.5 Å². The number of rotatable bonds is 2. The Labute approximate surface area is 134 Å². The summed E-state index contributed by atoms with van der Waals surface area (Å²) in [4.78, 5) is 6.72. The molecule has 1 radical (unpaired) electrons. The van der Waals surface area contributed by atoms with Gasteiger partial charge in [-0.2, -0.15) is 0 Å². The van der Waals surface area contributed by atoms with Crippen molar-refractivity contribution in [3.8, 4) is 33.6 Å². The first-order valence-corrected chi connectivity index (χ1v) is 7.80. The highest BCUT2D eigenvalue weighted by atomic mass is 14.7. The summed E-state index contributed by atoms with van der Waals surface area (Å²) >= 11 is 0. The van der Waals surface area contributed by atoms with Crippen LogP contribution in [0.4, 0.5) is 0 Å². The van der Waals surface area contributed by atoms with E-state index in [0.29, 0.717) is 0 Å². The van der Waals surface area contributed by atoms with Crippen LogP contribution in [0.5, 0.6) is 0 Å². The molecule has 1 aliphatic carbocycles. The van der Waals surface area contributed by atoms with Gasteiger partial charge >= 0.3 is 0 Å². The molecule has 4 aromatic rings. The summed E-state index contributed by atoms with van der Waals surface area (Å²) in [6, 6.07) is 21.4. The van der Waals surface area contributed by atoms with E-state index >= 15 is 0 Å². The Morgan fingerprint density at radius 2 is 1.30 bits per heavy atom. The third-order valence-electron chi connectivity index (χ3n) is 4.55. The standard InChI is InChI=1S/C21H15N2/c1-2-6-15-14(5-1)13-18-16(15)9-10-17(19-7-3-11-22-19)21(18)20-8-4-12-23-20/h1-13,22-23H. The Kier molecular flexibility index (Phi) is 2.59. The fourth-order valence-electron chi connectivity index (χ4n) is 3.53. The Morgan fingerprint density at radius 1 is 0.565 bits per heavy atom. The topological polar surface area (TPSA) is 31.6 Å². The summed E-state index contributed by atoms with van der Waals surface area (Å²) in [7, 11) is 0. The van der Waals surface area contributed by atoms with Gasteiger partial charge in [0, 0.05) is 41.3 Å². The van der Waals surface area contributed by atoms with Gasteiger partial charge in [0.05, 0.1) is 0 Å². The molecule has 23 heavy (non-hydrogen) atoms. The lowest BCUT2D eigenvalue weighted by molar-refractivity contribution is 1.36. The van der Waals surface area contributed by atoms with Crippen LogP contribution in [0.15, 0.2) is 73.1 Å². The quantitative estimate of drug-likeness (QED) is 0.445. The van der Waals surface area contributed by atoms with Crippen LogP contribution in [0, 0.1) is 6.42 Å². The number of hydrogen-bond acceptors (Lipinski definition) is 0. The number of fused-ring (bicyclic) bond motifs is 3. The fourth-order valence-corrected chi connectivity index (χ4v) is 3.53. The molecule has 0 saturated carbocycles. The highest BCUT2D eigenvalue weighted by Gasteiger charge is 2.24. The zero-order chi connectivity index (χ0) is 15.2. The number of aromatic amines is 2. The number of hydrogen-bond donors (Lipinski definition) is 2. The van der Waals surface area contributed by atoms with E-state index < -0.39 is 0 Å². The van der Waals surface area contributed by atoms with Gasteiger partial charge in [-0.1, -0.05) is 36.4 Å². The average Bonchev–Trinajstić information content (AvgIpc) is 3.33. The third kappa shape index (κ3) is 1.82. The number of aromatic nitrogens is 2. The molecule has 0 spiro atoms. The first-order valence-electron chi connectivity index (χ1n) is 7.80. The molecule has 0 fully saturated rings. The molecule has 2 N–H and O–H groups in total. The van der Waals surface area contributed by atoms with Crippen molar-refractivity contribution >= 4 is 0 Å². The minimum atomic E-state index is 1.14. The molecule has 2 aromatic carbocycles. The van der Waals surface area contributed by atoms with E-state index in [0.717, 1.165) is 11.4 Å². The second-order valence-corrected chi connectivity index (χ2v) is 5.85. The third-order valence-corrected chi connectivity index (χ3v) is 4.55. The van der Waals surface area contributed by atoms with Gasteiger partial charge in [0.1, 0.15) is 0 Å². The maximum Gasteiger partial charge on any atom is 0.0464 e. The normalized spacial score (nSPS) is 12.2. The molecular weight excluding hydrogens is 280 g/mol. The van der Waals surface area contributed by atoms with Gasteiger partial charge in [-0.3, -0.25) is 0 Å². The van der Waals surface area contributed by atoms with Gasteiger partial charge in [0.2, 0.25) is 0 Å². The van der Waals surface area contributed by atoms with Crippen LogP contribution < -0.4 is 0 Å². The minimum absolute atomic E-state index is 1.14. The second-order valence-electron chi connectivity index (χ2n) is 5.85. The smallest absolute Gasteiger partial charge is 0.0464 e. The van der Waals surface area contributed by atoms with Crippen molar-refractivity contribution in [1.82, 2.24) is 9.97 Å². The molecule has 2 heterocycles. The lowest BCUT2D eigenvalue weighted by Gasteiger charge is -2.13. The van der Waals surface area contributed by atoms with Crippen LogP contribution in [-0.2, 0) is 0 Å². The Hall–Kier alpha value is -3.00. The maximum absolute atomic E-state index is 3.38. The van der Waals surface area contributed by atoms with E-state index in [-0.39, 0.29) is 0 Å². The van der Waals surface area contributed by atoms with Crippen molar-refractivity contribution in [2.24, 2.45) is 0 Å². The van der Waals surface area contributed by atoms with Crippen LogP contribution in [0.3, 0.4) is 0 Å². The van der Waals surface area contributed by atoms with Crippen LogP contribution >= 0.6 is 0 Å². The Balaban J connectivity index is 1.83. The molecular formula is C21H15N2. The van der Waals surface area contributed by atoms with Crippen molar-refractivity contribution < 1.29 is 0 Å². The van der Waals surface area contributed by atoms with E-state index in [1.807, 2.05) is 18.5 Å². The molecule has 0 atom stereocenters. The van der Waals surface area contributed by atoms with Crippen LogP contribution in [-0.4, -0.2) is 9.97 Å². The summed E-state index contributed by atoms with van der Waals surface area (Å²) in [6.07, 6.45) is 6.25. The SMILES string of the molecule is [CH]1c2ccccc2-c2ccc(-c3ccc[nH]3)c(-c3ccc[nH]3)c21. The summed E-state index contributed by atoms with van der Waals surface area (Å²) < 4.78 is 0. The molecule has 0 saturated heterocycles. The summed E-state index contributed by atoms with van der Waals surface area (Å²) in [5, 5.41) is 0. The van der Waals surface area contributed by atoms with Crippen LogP contribution in [0.2, 0.25) is 0 Å². The van der Waals surface area contributed by atoms with Gasteiger partial charge < -0.3 is 9.97 Å². The van der Waals surface area contributed by atoms with Crippen molar-refractivity contribution in [3.63, 3.8) is 0 Å². The van der Waals surface area contributed by atoms with Gasteiger partial charge in [0.25, 0.3) is 0 Å². The molecule has 1 aliphatic rings. The van der Waals surface area contributed by atoms with E-state index in [2.05, 4.69) is 71.0 Å². The first-order chi connectivity index (χ1) is 11.4. The predicted molar refractivity (Wildman–Crippen MR) is 94.0 cm³/mol. The van der Waals surface area contributed by atoms with E-state index in [1.165, 1.54) is 33.4 Å². The zero-order valence-corrected chi connectivity index (χ0v) is 12.5. The van der Waals surface area contributed by atoms with Crippen molar-refractivity contribution in [2.75, 3.05) is 0 Å². The second kappa shape index (κ2) is 4.75. The van der Waals surface area contributed by atoms with Crippen LogP contribution in [0.25, 0.3) is 33.6 Å². The molecule has 2 aromatic heterocycles.